The van der Waals surface area contributed by atoms with Crippen molar-refractivity contribution in [3.05, 3.63) is 47.9 Å². The maximum absolute atomic E-state index is 12.9. The Labute approximate surface area is 139 Å². The number of carbonyl (C=O) groups excluding carboxylic acids is 1. The molecule has 1 N–H and O–H groups in total. The van der Waals surface area contributed by atoms with Crippen LogP contribution in [-0.4, -0.2) is 24.1 Å². The Morgan fingerprint density at radius 2 is 2.08 bits per heavy atom. The highest BCUT2D eigenvalue weighted by atomic mass is 19.1. The van der Waals surface area contributed by atoms with Crippen molar-refractivity contribution in [2.75, 3.05) is 12.4 Å². The Kier molecular flexibility index (Phi) is 4.76. The first-order chi connectivity index (χ1) is 11.5. The highest BCUT2D eigenvalue weighted by Gasteiger charge is 2.34. The summed E-state index contributed by atoms with van der Waals surface area (Å²) in [6.45, 7) is 1.87. The number of hydrogen-bond acceptors (Lipinski definition) is 4. The molecule has 0 bridgehead atoms. The number of amides is 1. The molecule has 1 aromatic carbocycles. The molecule has 24 heavy (non-hydrogen) atoms. The number of methoxy groups -OCH3 is 1. The van der Waals surface area contributed by atoms with Crippen molar-refractivity contribution < 1.29 is 18.7 Å². The van der Waals surface area contributed by atoms with Crippen molar-refractivity contribution in [2.24, 2.45) is 5.92 Å². The largest absolute Gasteiger partial charge is 0.439 e. The third kappa shape index (κ3) is 3.71. The third-order valence-electron chi connectivity index (χ3n) is 4.16. The second-order valence-electron chi connectivity index (χ2n) is 5.91. The van der Waals surface area contributed by atoms with Crippen LogP contribution in [-0.2, 0) is 9.53 Å². The monoisotopic (exact) mass is 330 g/mol. The van der Waals surface area contributed by atoms with Crippen LogP contribution in [0.15, 0.2) is 36.5 Å². The minimum atomic E-state index is -0.413. The van der Waals surface area contributed by atoms with Gasteiger partial charge in [-0.05, 0) is 49.6 Å². The second kappa shape index (κ2) is 6.97. The summed E-state index contributed by atoms with van der Waals surface area (Å²) < 4.78 is 23.7. The van der Waals surface area contributed by atoms with Crippen LogP contribution in [0, 0.1) is 18.7 Å². The molecular weight excluding hydrogens is 311 g/mol. The molecule has 1 aromatic heterocycles. The molecule has 1 amide bonds. The number of pyridine rings is 1. The summed E-state index contributed by atoms with van der Waals surface area (Å²) in [5.41, 5.74) is 1.57. The summed E-state index contributed by atoms with van der Waals surface area (Å²) in [4.78, 5) is 16.0. The number of aryl methyl sites for hydroxylation is 1. The summed E-state index contributed by atoms with van der Waals surface area (Å²) in [7, 11) is 1.66. The molecule has 0 atom stereocenters. The van der Waals surface area contributed by atoms with E-state index < -0.39 is 5.82 Å². The number of nitrogens with one attached hydrogen (secondary N) is 1. The zero-order chi connectivity index (χ0) is 17.1. The highest BCUT2D eigenvalue weighted by molar-refractivity contribution is 5.93. The molecular formula is C18H19FN2O3. The molecule has 1 saturated carbocycles. The van der Waals surface area contributed by atoms with E-state index in [2.05, 4.69) is 10.3 Å². The second-order valence-corrected chi connectivity index (χ2v) is 5.91. The van der Waals surface area contributed by atoms with Crippen molar-refractivity contribution in [3.8, 4) is 11.6 Å². The number of hydrogen-bond donors (Lipinski definition) is 1. The average Bonchev–Trinajstić information content (AvgIpc) is 2.51. The van der Waals surface area contributed by atoms with Crippen LogP contribution in [0.4, 0.5) is 10.1 Å². The molecule has 0 saturated heterocycles. The van der Waals surface area contributed by atoms with Crippen molar-refractivity contribution >= 4 is 11.6 Å². The molecule has 1 fully saturated rings. The number of anilines is 1. The zero-order valence-electron chi connectivity index (χ0n) is 13.6. The molecule has 2 aromatic rings. The number of halogens is 1. The van der Waals surface area contributed by atoms with Crippen LogP contribution in [0.5, 0.6) is 11.6 Å². The molecule has 3 rings (SSSR count). The fourth-order valence-corrected chi connectivity index (χ4v) is 2.59. The zero-order valence-corrected chi connectivity index (χ0v) is 13.6. The Hall–Kier alpha value is -2.47. The van der Waals surface area contributed by atoms with Gasteiger partial charge in [0, 0.05) is 24.8 Å². The number of ether oxygens (including phenoxy) is 2. The number of rotatable bonds is 5. The van der Waals surface area contributed by atoms with E-state index in [0.29, 0.717) is 11.6 Å². The summed E-state index contributed by atoms with van der Waals surface area (Å²) in [5.74, 6) is 0.529. The van der Waals surface area contributed by atoms with E-state index in [-0.39, 0.29) is 17.9 Å². The van der Waals surface area contributed by atoms with Crippen LogP contribution in [0.1, 0.15) is 18.4 Å². The maximum atomic E-state index is 12.9. The summed E-state index contributed by atoms with van der Waals surface area (Å²) in [6.07, 6.45) is 2.82. The summed E-state index contributed by atoms with van der Waals surface area (Å²) >= 11 is 0. The maximum Gasteiger partial charge on any atom is 0.227 e. The third-order valence-corrected chi connectivity index (χ3v) is 4.16. The van der Waals surface area contributed by atoms with Gasteiger partial charge >= 0.3 is 0 Å². The first-order valence-corrected chi connectivity index (χ1v) is 7.79. The van der Waals surface area contributed by atoms with Crippen molar-refractivity contribution in [1.82, 2.24) is 4.98 Å². The first kappa shape index (κ1) is 16.4. The highest BCUT2D eigenvalue weighted by Crippen LogP contribution is 2.31. The lowest BCUT2D eigenvalue weighted by Gasteiger charge is -2.32. The van der Waals surface area contributed by atoms with Crippen LogP contribution in [0.3, 0.4) is 0 Å². The van der Waals surface area contributed by atoms with Gasteiger partial charge in [-0.15, -0.1) is 0 Å². The molecule has 0 unspecified atom stereocenters. The molecule has 126 valence electrons. The van der Waals surface area contributed by atoms with Gasteiger partial charge in [0.25, 0.3) is 0 Å². The van der Waals surface area contributed by atoms with Gasteiger partial charge in [-0.3, -0.25) is 4.79 Å². The molecule has 0 spiro atoms. The van der Waals surface area contributed by atoms with E-state index in [1.54, 1.807) is 19.2 Å². The van der Waals surface area contributed by atoms with Gasteiger partial charge in [-0.2, -0.15) is 0 Å². The van der Waals surface area contributed by atoms with Crippen molar-refractivity contribution in [2.45, 2.75) is 25.9 Å². The molecule has 5 nitrogen and oxygen atoms in total. The van der Waals surface area contributed by atoms with Crippen LogP contribution >= 0.6 is 0 Å². The van der Waals surface area contributed by atoms with Gasteiger partial charge < -0.3 is 14.8 Å². The minimum absolute atomic E-state index is 0.00889. The van der Waals surface area contributed by atoms with Gasteiger partial charge in [0.15, 0.2) is 0 Å². The molecule has 0 radical (unpaired) electrons. The van der Waals surface area contributed by atoms with E-state index in [9.17, 15) is 9.18 Å². The average molecular weight is 330 g/mol. The van der Waals surface area contributed by atoms with Gasteiger partial charge in [-0.25, -0.2) is 9.37 Å². The Morgan fingerprint density at radius 3 is 2.71 bits per heavy atom. The summed E-state index contributed by atoms with van der Waals surface area (Å²) in [6, 6.07) is 8.12. The Balaban J connectivity index is 1.62. The number of aromatic nitrogens is 1. The van der Waals surface area contributed by atoms with E-state index in [0.717, 1.165) is 30.3 Å². The van der Waals surface area contributed by atoms with Gasteiger partial charge in [0.1, 0.15) is 11.6 Å². The van der Waals surface area contributed by atoms with Gasteiger partial charge in [-0.1, -0.05) is 0 Å². The predicted octanol–water partition coefficient (Wildman–Crippen LogP) is 3.68. The van der Waals surface area contributed by atoms with Gasteiger partial charge in [0.05, 0.1) is 12.3 Å². The normalized spacial score (nSPS) is 19.5. The molecule has 1 aliphatic carbocycles. The summed E-state index contributed by atoms with van der Waals surface area (Å²) in [5, 5.41) is 2.91. The van der Waals surface area contributed by atoms with Crippen LogP contribution < -0.4 is 10.1 Å². The van der Waals surface area contributed by atoms with E-state index in [4.69, 9.17) is 9.47 Å². The van der Waals surface area contributed by atoms with E-state index in [1.807, 2.05) is 13.0 Å². The van der Waals surface area contributed by atoms with E-state index >= 15 is 0 Å². The SMILES string of the molecule is COC1CC(C(=O)Nc2ccc(Oc3ccc(F)cn3)c(C)c2)C1. The van der Waals surface area contributed by atoms with Crippen LogP contribution in [0.25, 0.3) is 0 Å². The topological polar surface area (TPSA) is 60.5 Å². The lowest BCUT2D eigenvalue weighted by Crippen LogP contribution is -2.38. The van der Waals surface area contributed by atoms with Crippen molar-refractivity contribution in [1.29, 1.82) is 0 Å². The number of carbonyl (C=O) groups is 1. The Morgan fingerprint density at radius 1 is 1.29 bits per heavy atom. The quantitative estimate of drug-likeness (QED) is 0.908. The lowest BCUT2D eigenvalue weighted by atomic mass is 9.81. The smallest absolute Gasteiger partial charge is 0.227 e. The minimum Gasteiger partial charge on any atom is -0.439 e. The molecule has 1 aliphatic rings. The van der Waals surface area contributed by atoms with E-state index in [1.165, 1.54) is 12.1 Å². The predicted molar refractivity (Wildman–Crippen MR) is 87.6 cm³/mol. The van der Waals surface area contributed by atoms with Crippen molar-refractivity contribution in [3.63, 3.8) is 0 Å². The number of benzene rings is 1. The van der Waals surface area contributed by atoms with Gasteiger partial charge in [0.2, 0.25) is 11.8 Å². The van der Waals surface area contributed by atoms with Crippen LogP contribution in [0.2, 0.25) is 0 Å². The fraction of sp³-hybridized carbons (Fsp3) is 0.333. The fourth-order valence-electron chi connectivity index (χ4n) is 2.59. The standard InChI is InChI=1S/C18H19FN2O3/c1-11-7-14(21-18(22)12-8-15(9-12)23-2)4-5-16(11)24-17-6-3-13(19)10-20-17/h3-7,10,12,15H,8-9H2,1-2H3,(H,21,22). The molecule has 6 heteroatoms. The molecule has 0 aliphatic heterocycles. The Bertz CT molecular complexity index is 728. The first-order valence-electron chi connectivity index (χ1n) is 7.79. The number of nitrogens with zero attached hydrogens (tertiary/aromatic N) is 1. The molecule has 1 heterocycles. The lowest BCUT2D eigenvalue weighted by molar-refractivity contribution is -0.127.